The number of hydrogen-bond acceptors (Lipinski definition) is 4. The monoisotopic (exact) mass is 271 g/mol. The Morgan fingerprint density at radius 3 is 2.58 bits per heavy atom. The molecular weight excluding hydrogens is 246 g/mol. The highest BCUT2D eigenvalue weighted by Gasteiger charge is 2.34. The molecule has 1 saturated heterocycles. The fourth-order valence-corrected chi connectivity index (χ4v) is 2.36. The van der Waals surface area contributed by atoms with Crippen LogP contribution >= 0.6 is 0 Å². The Balaban J connectivity index is 2.50. The molecule has 0 aromatic heterocycles. The smallest absolute Gasteiger partial charge is 0.318 e. The minimum Gasteiger partial charge on any atom is -0.465 e. The highest BCUT2D eigenvalue weighted by molar-refractivity contribution is 5.97. The van der Waals surface area contributed by atoms with Gasteiger partial charge in [-0.2, -0.15) is 0 Å². The van der Waals surface area contributed by atoms with E-state index in [9.17, 15) is 9.59 Å². The third-order valence-corrected chi connectivity index (χ3v) is 3.43. The first-order chi connectivity index (χ1) is 9.13. The summed E-state index contributed by atoms with van der Waals surface area (Å²) in [5.41, 5.74) is 0. The fourth-order valence-electron chi connectivity index (χ4n) is 2.36. The first kappa shape index (κ1) is 16.0. The van der Waals surface area contributed by atoms with Gasteiger partial charge in [0.15, 0.2) is 0 Å². The highest BCUT2D eigenvalue weighted by atomic mass is 16.5. The molecule has 0 aromatic rings. The molecule has 1 fully saturated rings. The van der Waals surface area contributed by atoms with Crippen molar-refractivity contribution in [3.63, 3.8) is 0 Å². The van der Waals surface area contributed by atoms with Gasteiger partial charge in [-0.15, -0.1) is 0 Å². The number of ether oxygens (including phenoxy) is 2. The fraction of sp³-hybridized carbons (Fsp3) is 0.857. The van der Waals surface area contributed by atoms with Crippen LogP contribution in [0.3, 0.4) is 0 Å². The second kappa shape index (κ2) is 8.15. The van der Waals surface area contributed by atoms with Crippen LogP contribution in [0.2, 0.25) is 0 Å². The van der Waals surface area contributed by atoms with Gasteiger partial charge in [-0.1, -0.05) is 6.92 Å². The van der Waals surface area contributed by atoms with Gasteiger partial charge in [0.1, 0.15) is 5.92 Å². The van der Waals surface area contributed by atoms with Crippen molar-refractivity contribution in [2.75, 3.05) is 32.9 Å². The predicted octanol–water partition coefficient (Wildman–Crippen LogP) is 1.46. The molecule has 0 N–H and O–H groups in total. The lowest BCUT2D eigenvalue weighted by atomic mass is 10.1. The maximum absolute atomic E-state index is 12.3. The predicted molar refractivity (Wildman–Crippen MR) is 71.6 cm³/mol. The van der Waals surface area contributed by atoms with Gasteiger partial charge in [-0.25, -0.2) is 0 Å². The van der Waals surface area contributed by atoms with Crippen molar-refractivity contribution in [3.8, 4) is 0 Å². The Morgan fingerprint density at radius 1 is 1.26 bits per heavy atom. The molecule has 19 heavy (non-hydrogen) atoms. The van der Waals surface area contributed by atoms with Crippen molar-refractivity contribution in [1.29, 1.82) is 0 Å². The lowest BCUT2D eigenvalue weighted by Crippen LogP contribution is -2.38. The van der Waals surface area contributed by atoms with Crippen LogP contribution in [0.5, 0.6) is 0 Å². The topological polar surface area (TPSA) is 55.8 Å². The Kier molecular flexibility index (Phi) is 6.84. The minimum absolute atomic E-state index is 0.0973. The summed E-state index contributed by atoms with van der Waals surface area (Å²) in [4.78, 5) is 25.8. The third-order valence-electron chi connectivity index (χ3n) is 3.43. The Morgan fingerprint density at radius 2 is 2.00 bits per heavy atom. The molecule has 1 heterocycles. The van der Waals surface area contributed by atoms with Crippen molar-refractivity contribution < 1.29 is 19.1 Å². The molecule has 1 aliphatic rings. The normalized spacial score (nSPS) is 20.4. The summed E-state index contributed by atoms with van der Waals surface area (Å²) in [6.07, 6.45) is 1.44. The van der Waals surface area contributed by atoms with Gasteiger partial charge < -0.3 is 14.4 Å². The van der Waals surface area contributed by atoms with Gasteiger partial charge in [0.05, 0.1) is 13.2 Å². The molecule has 0 aliphatic carbocycles. The van der Waals surface area contributed by atoms with E-state index in [0.717, 1.165) is 6.42 Å². The van der Waals surface area contributed by atoms with Crippen molar-refractivity contribution >= 4 is 11.9 Å². The number of rotatable bonds is 7. The van der Waals surface area contributed by atoms with E-state index in [2.05, 4.69) is 0 Å². The second-order valence-corrected chi connectivity index (χ2v) is 4.81. The number of carbonyl (C=O) groups is 2. The van der Waals surface area contributed by atoms with Crippen LogP contribution in [0.4, 0.5) is 0 Å². The van der Waals surface area contributed by atoms with E-state index in [-0.39, 0.29) is 5.91 Å². The number of amides is 1. The summed E-state index contributed by atoms with van der Waals surface area (Å²) in [5, 5.41) is 0. The molecule has 0 spiro atoms. The van der Waals surface area contributed by atoms with E-state index >= 15 is 0 Å². The number of hydrogen-bond donors (Lipinski definition) is 0. The van der Waals surface area contributed by atoms with E-state index in [1.54, 1.807) is 11.8 Å². The first-order valence-electron chi connectivity index (χ1n) is 7.17. The summed E-state index contributed by atoms with van der Waals surface area (Å²) >= 11 is 0. The molecule has 1 rings (SSSR count). The molecule has 1 amide bonds. The maximum Gasteiger partial charge on any atom is 0.318 e. The van der Waals surface area contributed by atoms with E-state index in [1.807, 2.05) is 13.8 Å². The summed E-state index contributed by atoms with van der Waals surface area (Å²) in [7, 11) is 0. The van der Waals surface area contributed by atoms with Crippen LogP contribution in [0, 0.1) is 11.8 Å². The van der Waals surface area contributed by atoms with Crippen molar-refractivity contribution in [1.82, 2.24) is 4.90 Å². The van der Waals surface area contributed by atoms with Crippen LogP contribution in [0.1, 0.15) is 33.6 Å². The molecule has 5 nitrogen and oxygen atoms in total. The molecule has 0 bridgehead atoms. The second-order valence-electron chi connectivity index (χ2n) is 4.81. The van der Waals surface area contributed by atoms with Crippen LogP contribution < -0.4 is 0 Å². The molecule has 0 aromatic carbocycles. The van der Waals surface area contributed by atoms with E-state index < -0.39 is 11.9 Å². The summed E-state index contributed by atoms with van der Waals surface area (Å²) in [6.45, 7) is 8.67. The standard InChI is InChI=1S/C14H25NO4/c1-4-12(14(17)19-6-3)13(16)15-8-7-11(9-15)10-18-5-2/h11-12H,4-10H2,1-3H3/t11-,12+/m1/s1. The van der Waals surface area contributed by atoms with Gasteiger partial charge in [-0.05, 0) is 26.7 Å². The average Bonchev–Trinajstić information content (AvgIpc) is 2.86. The summed E-state index contributed by atoms with van der Waals surface area (Å²) in [5.74, 6) is -0.752. The summed E-state index contributed by atoms with van der Waals surface area (Å²) in [6, 6.07) is 0. The molecule has 1 aliphatic heterocycles. The first-order valence-corrected chi connectivity index (χ1v) is 7.17. The Labute approximate surface area is 115 Å². The van der Waals surface area contributed by atoms with E-state index in [0.29, 0.717) is 45.2 Å². The van der Waals surface area contributed by atoms with Crippen molar-refractivity contribution in [2.45, 2.75) is 33.6 Å². The number of likely N-dealkylation sites (tertiary alicyclic amines) is 1. The molecule has 2 atom stereocenters. The quantitative estimate of drug-likeness (QED) is 0.519. The van der Waals surface area contributed by atoms with Gasteiger partial charge in [-0.3, -0.25) is 9.59 Å². The largest absolute Gasteiger partial charge is 0.465 e. The summed E-state index contributed by atoms with van der Waals surface area (Å²) < 4.78 is 10.3. The molecule has 0 unspecified atom stereocenters. The number of nitrogens with zero attached hydrogens (tertiary/aromatic N) is 1. The van der Waals surface area contributed by atoms with Crippen LogP contribution in [-0.4, -0.2) is 49.7 Å². The Hall–Kier alpha value is -1.10. The van der Waals surface area contributed by atoms with Crippen LogP contribution in [0.15, 0.2) is 0 Å². The minimum atomic E-state index is -0.647. The average molecular weight is 271 g/mol. The van der Waals surface area contributed by atoms with Crippen molar-refractivity contribution in [3.05, 3.63) is 0 Å². The zero-order valence-corrected chi connectivity index (χ0v) is 12.2. The zero-order valence-electron chi connectivity index (χ0n) is 12.2. The number of esters is 1. The van der Waals surface area contributed by atoms with Crippen LogP contribution in [0.25, 0.3) is 0 Å². The lowest BCUT2D eigenvalue weighted by Gasteiger charge is -2.21. The highest BCUT2D eigenvalue weighted by Crippen LogP contribution is 2.20. The van der Waals surface area contributed by atoms with Gasteiger partial charge in [0, 0.05) is 25.6 Å². The number of carbonyl (C=O) groups excluding carboxylic acids is 2. The third kappa shape index (κ3) is 4.49. The molecule has 5 heteroatoms. The molecule has 0 radical (unpaired) electrons. The molecule has 0 saturated carbocycles. The SMILES string of the molecule is CCOC[C@@H]1CCN(C(=O)[C@H](CC)C(=O)OCC)C1. The van der Waals surface area contributed by atoms with Gasteiger partial charge >= 0.3 is 5.97 Å². The molecule has 110 valence electrons. The van der Waals surface area contributed by atoms with E-state index in [4.69, 9.17) is 9.47 Å². The van der Waals surface area contributed by atoms with Gasteiger partial charge in [0.25, 0.3) is 0 Å². The van der Waals surface area contributed by atoms with Crippen molar-refractivity contribution in [2.24, 2.45) is 11.8 Å². The van der Waals surface area contributed by atoms with Gasteiger partial charge in [0.2, 0.25) is 5.91 Å². The van der Waals surface area contributed by atoms with Crippen LogP contribution in [-0.2, 0) is 19.1 Å². The Bertz CT molecular complexity index is 306. The lowest BCUT2D eigenvalue weighted by molar-refractivity contribution is -0.155. The van der Waals surface area contributed by atoms with E-state index in [1.165, 1.54) is 0 Å². The maximum atomic E-state index is 12.3. The molecular formula is C14H25NO4. The zero-order chi connectivity index (χ0) is 14.3.